The third-order valence-electron chi connectivity index (χ3n) is 3.47. The number of nitrogens with one attached hydrogen (secondary N) is 2. The van der Waals surface area contributed by atoms with E-state index in [4.69, 9.17) is 16.3 Å². The minimum Gasteiger partial charge on any atom is -0.494 e. The zero-order chi connectivity index (χ0) is 18.2. The molecule has 0 bridgehead atoms. The highest BCUT2D eigenvalue weighted by Crippen LogP contribution is 2.19. The standard InChI is InChI=1S/C19H22ClFN2O2/c1-13(2)9-10-25-16-6-3-14(4-7-16)22-12-19(24)23-15-5-8-18(21)17(20)11-15/h3-8,11,13,22H,9-10,12H2,1-2H3,(H,23,24). The molecule has 0 aliphatic heterocycles. The third kappa shape index (κ3) is 6.63. The first-order valence-electron chi connectivity index (χ1n) is 8.15. The van der Waals surface area contributed by atoms with E-state index in [0.717, 1.165) is 17.9 Å². The van der Waals surface area contributed by atoms with E-state index in [1.54, 1.807) is 0 Å². The summed E-state index contributed by atoms with van der Waals surface area (Å²) in [7, 11) is 0. The topological polar surface area (TPSA) is 50.4 Å². The van der Waals surface area contributed by atoms with Gasteiger partial charge in [-0.05, 0) is 54.8 Å². The van der Waals surface area contributed by atoms with Gasteiger partial charge in [0.05, 0.1) is 18.2 Å². The number of halogens is 2. The molecule has 0 atom stereocenters. The van der Waals surface area contributed by atoms with Crippen LogP contribution in [0.2, 0.25) is 5.02 Å². The Hall–Kier alpha value is -2.27. The molecule has 0 saturated heterocycles. The number of anilines is 2. The molecule has 0 fully saturated rings. The van der Waals surface area contributed by atoms with Gasteiger partial charge in [-0.3, -0.25) is 4.79 Å². The summed E-state index contributed by atoms with van der Waals surface area (Å²) in [5.74, 6) is 0.639. The van der Waals surface area contributed by atoms with Crippen molar-refractivity contribution >= 4 is 28.9 Å². The Morgan fingerprint density at radius 2 is 1.84 bits per heavy atom. The van der Waals surface area contributed by atoms with E-state index in [0.29, 0.717) is 18.2 Å². The summed E-state index contributed by atoms with van der Waals surface area (Å²) < 4.78 is 18.7. The van der Waals surface area contributed by atoms with E-state index in [9.17, 15) is 9.18 Å². The zero-order valence-electron chi connectivity index (χ0n) is 14.3. The van der Waals surface area contributed by atoms with E-state index >= 15 is 0 Å². The Balaban J connectivity index is 1.78. The molecule has 2 N–H and O–H groups in total. The molecule has 6 heteroatoms. The normalized spacial score (nSPS) is 10.6. The summed E-state index contributed by atoms with van der Waals surface area (Å²) in [6.45, 7) is 5.08. The molecule has 134 valence electrons. The SMILES string of the molecule is CC(C)CCOc1ccc(NCC(=O)Nc2ccc(F)c(Cl)c2)cc1. The van der Waals surface area contributed by atoms with Gasteiger partial charge in [-0.2, -0.15) is 0 Å². The molecule has 0 unspecified atom stereocenters. The van der Waals surface area contributed by atoms with Crippen LogP contribution in [-0.2, 0) is 4.79 Å². The Labute approximate surface area is 152 Å². The average molecular weight is 365 g/mol. The van der Waals surface area contributed by atoms with Gasteiger partial charge in [0.1, 0.15) is 11.6 Å². The van der Waals surface area contributed by atoms with E-state index in [-0.39, 0.29) is 17.5 Å². The van der Waals surface area contributed by atoms with Crippen molar-refractivity contribution in [1.29, 1.82) is 0 Å². The summed E-state index contributed by atoms with van der Waals surface area (Å²) in [5.41, 5.74) is 1.26. The quantitative estimate of drug-likeness (QED) is 0.696. The fourth-order valence-electron chi connectivity index (χ4n) is 2.04. The fourth-order valence-corrected chi connectivity index (χ4v) is 2.22. The van der Waals surface area contributed by atoms with Gasteiger partial charge in [0.15, 0.2) is 0 Å². The van der Waals surface area contributed by atoms with E-state index in [2.05, 4.69) is 24.5 Å². The highest BCUT2D eigenvalue weighted by molar-refractivity contribution is 6.31. The number of benzene rings is 2. The molecule has 2 aromatic carbocycles. The minimum absolute atomic E-state index is 0.0289. The lowest BCUT2D eigenvalue weighted by molar-refractivity contribution is -0.114. The molecule has 4 nitrogen and oxygen atoms in total. The first-order valence-corrected chi connectivity index (χ1v) is 8.53. The van der Waals surface area contributed by atoms with Crippen LogP contribution >= 0.6 is 11.6 Å². The van der Waals surface area contributed by atoms with Crippen LogP contribution in [0.15, 0.2) is 42.5 Å². The molecule has 0 radical (unpaired) electrons. The second-order valence-electron chi connectivity index (χ2n) is 6.09. The van der Waals surface area contributed by atoms with Crippen molar-refractivity contribution in [2.24, 2.45) is 5.92 Å². The van der Waals surface area contributed by atoms with Crippen molar-refractivity contribution in [3.05, 3.63) is 53.3 Å². The van der Waals surface area contributed by atoms with Crippen LogP contribution in [0.4, 0.5) is 15.8 Å². The van der Waals surface area contributed by atoms with Gasteiger partial charge in [-0.15, -0.1) is 0 Å². The summed E-state index contributed by atoms with van der Waals surface area (Å²) in [6.07, 6.45) is 1.01. The van der Waals surface area contributed by atoms with Gasteiger partial charge in [0, 0.05) is 11.4 Å². The maximum atomic E-state index is 13.1. The van der Waals surface area contributed by atoms with Gasteiger partial charge >= 0.3 is 0 Å². The molecule has 2 rings (SSSR count). The second kappa shape index (κ2) is 9.28. The summed E-state index contributed by atoms with van der Waals surface area (Å²) in [4.78, 5) is 11.9. The summed E-state index contributed by atoms with van der Waals surface area (Å²) in [5, 5.41) is 5.64. The molecule has 0 saturated carbocycles. The number of hydrogen-bond donors (Lipinski definition) is 2. The van der Waals surface area contributed by atoms with E-state index < -0.39 is 5.82 Å². The Kier molecular flexibility index (Phi) is 7.07. The summed E-state index contributed by atoms with van der Waals surface area (Å²) in [6, 6.07) is 11.5. The van der Waals surface area contributed by atoms with E-state index in [1.807, 2.05) is 24.3 Å². The van der Waals surface area contributed by atoms with Crippen LogP contribution < -0.4 is 15.4 Å². The number of carbonyl (C=O) groups excluding carboxylic acids is 1. The second-order valence-corrected chi connectivity index (χ2v) is 6.49. The van der Waals surface area contributed by atoms with Crippen LogP contribution in [0.3, 0.4) is 0 Å². The largest absolute Gasteiger partial charge is 0.494 e. The van der Waals surface area contributed by atoms with Crippen molar-refractivity contribution in [3.8, 4) is 5.75 Å². The molecule has 0 aliphatic carbocycles. The maximum absolute atomic E-state index is 13.1. The molecule has 1 amide bonds. The molecule has 0 aromatic heterocycles. The van der Waals surface area contributed by atoms with Crippen LogP contribution in [0.25, 0.3) is 0 Å². The number of amides is 1. The molecule has 0 heterocycles. The van der Waals surface area contributed by atoms with Gasteiger partial charge in [-0.1, -0.05) is 25.4 Å². The monoisotopic (exact) mass is 364 g/mol. The number of hydrogen-bond acceptors (Lipinski definition) is 3. The zero-order valence-corrected chi connectivity index (χ0v) is 15.1. The smallest absolute Gasteiger partial charge is 0.243 e. The predicted octanol–water partition coefficient (Wildman–Crippen LogP) is 4.95. The number of carbonyl (C=O) groups is 1. The molecule has 25 heavy (non-hydrogen) atoms. The van der Waals surface area contributed by atoms with Crippen molar-refractivity contribution in [2.45, 2.75) is 20.3 Å². The lowest BCUT2D eigenvalue weighted by Crippen LogP contribution is -2.21. The number of ether oxygens (including phenoxy) is 1. The van der Waals surface area contributed by atoms with E-state index in [1.165, 1.54) is 18.2 Å². The Morgan fingerprint density at radius 3 is 2.48 bits per heavy atom. The lowest BCUT2D eigenvalue weighted by Gasteiger charge is -2.10. The predicted molar refractivity (Wildman–Crippen MR) is 99.9 cm³/mol. The van der Waals surface area contributed by atoms with Crippen molar-refractivity contribution in [2.75, 3.05) is 23.8 Å². The van der Waals surface area contributed by atoms with Gasteiger partial charge in [0.2, 0.25) is 5.91 Å². The number of rotatable bonds is 8. The van der Waals surface area contributed by atoms with Crippen molar-refractivity contribution < 1.29 is 13.9 Å². The molecule has 0 spiro atoms. The first-order chi connectivity index (χ1) is 11.9. The minimum atomic E-state index is -0.520. The Bertz CT molecular complexity index is 705. The van der Waals surface area contributed by atoms with Crippen LogP contribution in [-0.4, -0.2) is 19.1 Å². The lowest BCUT2D eigenvalue weighted by atomic mass is 10.1. The van der Waals surface area contributed by atoms with Gasteiger partial charge in [0.25, 0.3) is 0 Å². The highest BCUT2D eigenvalue weighted by atomic mass is 35.5. The van der Waals surface area contributed by atoms with Crippen molar-refractivity contribution in [3.63, 3.8) is 0 Å². The fraction of sp³-hybridized carbons (Fsp3) is 0.316. The molecular weight excluding hydrogens is 343 g/mol. The summed E-state index contributed by atoms with van der Waals surface area (Å²) >= 11 is 5.68. The Morgan fingerprint density at radius 1 is 1.16 bits per heavy atom. The van der Waals surface area contributed by atoms with Gasteiger partial charge in [-0.25, -0.2) is 4.39 Å². The molecule has 2 aromatic rings. The van der Waals surface area contributed by atoms with Crippen LogP contribution in [0.5, 0.6) is 5.75 Å². The van der Waals surface area contributed by atoms with Crippen LogP contribution in [0, 0.1) is 11.7 Å². The highest BCUT2D eigenvalue weighted by Gasteiger charge is 2.05. The van der Waals surface area contributed by atoms with Crippen molar-refractivity contribution in [1.82, 2.24) is 0 Å². The van der Waals surface area contributed by atoms with Gasteiger partial charge < -0.3 is 15.4 Å². The third-order valence-corrected chi connectivity index (χ3v) is 3.76. The molecular formula is C19H22ClFN2O2. The maximum Gasteiger partial charge on any atom is 0.243 e. The first kappa shape index (κ1) is 19.1. The molecule has 0 aliphatic rings. The average Bonchev–Trinajstić information content (AvgIpc) is 2.57. The van der Waals surface area contributed by atoms with Crippen LogP contribution in [0.1, 0.15) is 20.3 Å².